The van der Waals surface area contributed by atoms with Crippen LogP contribution < -0.4 is 5.32 Å². The number of ether oxygens (including phenoxy) is 1. The minimum atomic E-state index is -1.95. The smallest absolute Gasteiger partial charge is 0.337 e. The number of carboxylic acid groups (broad SMARTS) is 1. The van der Waals surface area contributed by atoms with Crippen molar-refractivity contribution < 1.29 is 24.5 Å². The Bertz CT molecular complexity index is 272. The van der Waals surface area contributed by atoms with Crippen LogP contribution >= 0.6 is 0 Å². The highest BCUT2D eigenvalue weighted by Crippen LogP contribution is 2.12. The fourth-order valence-electron chi connectivity index (χ4n) is 0.868. The van der Waals surface area contributed by atoms with Crippen molar-refractivity contribution in [3.63, 3.8) is 0 Å². The number of carbonyl (C=O) groups excluding carboxylic acids is 1. The number of hydrogen-bond donors (Lipinski definition) is 3. The van der Waals surface area contributed by atoms with Gasteiger partial charge < -0.3 is 20.3 Å². The molecule has 0 aromatic carbocycles. The summed E-state index contributed by atoms with van der Waals surface area (Å²) >= 11 is 0. The van der Waals surface area contributed by atoms with Crippen molar-refractivity contribution in [2.24, 2.45) is 0 Å². The molecule has 0 aromatic heterocycles. The molecule has 16 heavy (non-hydrogen) atoms. The molecule has 0 bridgehead atoms. The van der Waals surface area contributed by atoms with Gasteiger partial charge in [-0.05, 0) is 20.8 Å². The van der Waals surface area contributed by atoms with Crippen LogP contribution in [0.4, 0.5) is 0 Å². The van der Waals surface area contributed by atoms with Gasteiger partial charge in [-0.25, -0.2) is 4.79 Å². The SMILES string of the molecule is COC(C)(C)CC(=O)NCC(C)(O)C(=O)O. The lowest BCUT2D eigenvalue weighted by atomic mass is 10.0. The number of hydrogen-bond acceptors (Lipinski definition) is 4. The highest BCUT2D eigenvalue weighted by molar-refractivity contribution is 5.80. The monoisotopic (exact) mass is 233 g/mol. The summed E-state index contributed by atoms with van der Waals surface area (Å²) in [4.78, 5) is 21.9. The van der Waals surface area contributed by atoms with Gasteiger partial charge in [-0.1, -0.05) is 0 Å². The van der Waals surface area contributed by atoms with Crippen molar-refractivity contribution in [3.05, 3.63) is 0 Å². The summed E-state index contributed by atoms with van der Waals surface area (Å²) in [6, 6.07) is 0. The lowest BCUT2D eigenvalue weighted by molar-refractivity contribution is -0.156. The first-order valence-electron chi connectivity index (χ1n) is 4.88. The number of carboxylic acids is 1. The molecule has 0 spiro atoms. The van der Waals surface area contributed by atoms with Gasteiger partial charge in [-0.3, -0.25) is 4.79 Å². The third-order valence-electron chi connectivity index (χ3n) is 2.23. The molecule has 3 N–H and O–H groups in total. The number of rotatable bonds is 6. The first kappa shape index (κ1) is 14.9. The third kappa shape index (κ3) is 5.09. The zero-order chi connectivity index (χ0) is 13.0. The van der Waals surface area contributed by atoms with Gasteiger partial charge in [0, 0.05) is 7.11 Å². The number of methoxy groups -OCH3 is 1. The van der Waals surface area contributed by atoms with E-state index in [4.69, 9.17) is 9.84 Å². The van der Waals surface area contributed by atoms with Crippen molar-refractivity contribution in [2.45, 2.75) is 38.4 Å². The second-order valence-electron chi connectivity index (χ2n) is 4.50. The van der Waals surface area contributed by atoms with Gasteiger partial charge in [0.25, 0.3) is 0 Å². The van der Waals surface area contributed by atoms with E-state index in [9.17, 15) is 14.7 Å². The molecule has 0 saturated heterocycles. The van der Waals surface area contributed by atoms with E-state index in [0.29, 0.717) is 0 Å². The zero-order valence-corrected chi connectivity index (χ0v) is 10.0. The molecule has 0 heterocycles. The molecule has 1 amide bonds. The molecule has 1 unspecified atom stereocenters. The first-order valence-corrected chi connectivity index (χ1v) is 4.88. The second-order valence-corrected chi connectivity index (χ2v) is 4.50. The van der Waals surface area contributed by atoms with Crippen LogP contribution in [-0.4, -0.2) is 46.9 Å². The molecule has 0 rings (SSSR count). The molecule has 0 aliphatic heterocycles. The molecule has 6 heteroatoms. The summed E-state index contributed by atoms with van der Waals surface area (Å²) in [7, 11) is 1.49. The minimum Gasteiger partial charge on any atom is -0.479 e. The Hall–Kier alpha value is -1.14. The maximum atomic E-state index is 11.4. The van der Waals surface area contributed by atoms with Crippen molar-refractivity contribution in [2.75, 3.05) is 13.7 Å². The van der Waals surface area contributed by atoms with Crippen LogP contribution in [0, 0.1) is 0 Å². The summed E-state index contributed by atoms with van der Waals surface area (Å²) in [5, 5.41) is 20.3. The Kier molecular flexibility index (Phi) is 4.89. The Morgan fingerprint density at radius 3 is 2.19 bits per heavy atom. The second kappa shape index (κ2) is 5.27. The number of nitrogens with one attached hydrogen (secondary N) is 1. The molecule has 1 atom stereocenters. The number of aliphatic hydroxyl groups is 1. The van der Waals surface area contributed by atoms with Crippen molar-refractivity contribution in [3.8, 4) is 0 Å². The van der Waals surface area contributed by atoms with Gasteiger partial charge in [0.15, 0.2) is 5.60 Å². The highest BCUT2D eigenvalue weighted by atomic mass is 16.5. The minimum absolute atomic E-state index is 0.0964. The average Bonchev–Trinajstić information content (AvgIpc) is 2.14. The van der Waals surface area contributed by atoms with Gasteiger partial charge in [0.05, 0.1) is 18.6 Å². The lowest BCUT2D eigenvalue weighted by Crippen LogP contribution is -2.47. The first-order chi connectivity index (χ1) is 7.10. The van der Waals surface area contributed by atoms with Gasteiger partial charge in [0.2, 0.25) is 5.91 Å². The topological polar surface area (TPSA) is 95.9 Å². The fourth-order valence-corrected chi connectivity index (χ4v) is 0.868. The van der Waals surface area contributed by atoms with Gasteiger partial charge in [-0.2, -0.15) is 0 Å². The molecular formula is C10H19NO5. The van der Waals surface area contributed by atoms with Crippen LogP contribution in [0.1, 0.15) is 27.2 Å². The zero-order valence-electron chi connectivity index (χ0n) is 10.0. The average molecular weight is 233 g/mol. The third-order valence-corrected chi connectivity index (χ3v) is 2.23. The summed E-state index contributed by atoms with van der Waals surface area (Å²) < 4.78 is 5.05. The van der Waals surface area contributed by atoms with Crippen molar-refractivity contribution >= 4 is 11.9 Å². The van der Waals surface area contributed by atoms with E-state index in [-0.39, 0.29) is 18.9 Å². The van der Waals surface area contributed by atoms with Crippen LogP contribution in [0.5, 0.6) is 0 Å². The van der Waals surface area contributed by atoms with Crippen LogP contribution in [0.2, 0.25) is 0 Å². The van der Waals surface area contributed by atoms with Gasteiger partial charge in [-0.15, -0.1) is 0 Å². The van der Waals surface area contributed by atoms with E-state index in [1.54, 1.807) is 13.8 Å². The van der Waals surface area contributed by atoms with E-state index >= 15 is 0 Å². The van der Waals surface area contributed by atoms with Crippen LogP contribution in [0.25, 0.3) is 0 Å². The molecular weight excluding hydrogens is 214 g/mol. The van der Waals surface area contributed by atoms with Gasteiger partial charge in [0.1, 0.15) is 0 Å². The molecule has 0 saturated carbocycles. The van der Waals surface area contributed by atoms with Crippen molar-refractivity contribution in [1.82, 2.24) is 5.32 Å². The molecule has 0 aliphatic rings. The molecule has 94 valence electrons. The lowest BCUT2D eigenvalue weighted by Gasteiger charge is -2.23. The standard InChI is InChI=1S/C10H19NO5/c1-9(2,16-4)5-7(12)11-6-10(3,15)8(13)14/h15H,5-6H2,1-4H3,(H,11,12)(H,13,14). The summed E-state index contributed by atoms with van der Waals surface area (Å²) in [6.45, 7) is 4.27. The van der Waals surface area contributed by atoms with E-state index in [1.165, 1.54) is 7.11 Å². The van der Waals surface area contributed by atoms with E-state index in [0.717, 1.165) is 6.92 Å². The molecule has 0 aliphatic carbocycles. The summed E-state index contributed by atoms with van der Waals surface area (Å²) in [5.74, 6) is -1.74. The fraction of sp³-hybridized carbons (Fsp3) is 0.800. The Morgan fingerprint density at radius 2 is 1.81 bits per heavy atom. The normalized spacial score (nSPS) is 15.3. The summed E-state index contributed by atoms with van der Waals surface area (Å²) in [6.07, 6.45) is 0.0964. The number of amides is 1. The van der Waals surface area contributed by atoms with Crippen molar-refractivity contribution in [1.29, 1.82) is 0 Å². The Balaban J connectivity index is 4.14. The molecule has 6 nitrogen and oxygen atoms in total. The quantitative estimate of drug-likeness (QED) is 0.588. The predicted molar refractivity (Wildman–Crippen MR) is 57.0 cm³/mol. The van der Waals surface area contributed by atoms with Crippen LogP contribution in [0.15, 0.2) is 0 Å². The molecule has 0 aromatic rings. The largest absolute Gasteiger partial charge is 0.479 e. The predicted octanol–water partition coefficient (Wildman–Crippen LogP) is -0.247. The number of carbonyl (C=O) groups is 2. The van der Waals surface area contributed by atoms with E-state index in [1.807, 2.05) is 0 Å². The van der Waals surface area contributed by atoms with E-state index < -0.39 is 17.2 Å². The molecule has 0 radical (unpaired) electrons. The highest BCUT2D eigenvalue weighted by Gasteiger charge is 2.31. The maximum absolute atomic E-state index is 11.4. The maximum Gasteiger partial charge on any atom is 0.337 e. The number of aliphatic carboxylic acids is 1. The molecule has 0 fully saturated rings. The Morgan fingerprint density at radius 1 is 1.31 bits per heavy atom. The van der Waals surface area contributed by atoms with Crippen LogP contribution in [0.3, 0.4) is 0 Å². The Labute approximate surface area is 94.6 Å². The van der Waals surface area contributed by atoms with Crippen LogP contribution in [-0.2, 0) is 14.3 Å². The van der Waals surface area contributed by atoms with Gasteiger partial charge >= 0.3 is 5.97 Å². The van der Waals surface area contributed by atoms with E-state index in [2.05, 4.69) is 5.32 Å². The summed E-state index contributed by atoms with van der Waals surface area (Å²) in [5.41, 5.74) is -2.56.